The molecular formula is C16H14FN3O3S. The van der Waals surface area contributed by atoms with Gasteiger partial charge in [-0.15, -0.1) is 0 Å². The number of nitrogens with one attached hydrogen (secondary N) is 1. The lowest BCUT2D eigenvalue weighted by Crippen LogP contribution is -2.21. The van der Waals surface area contributed by atoms with Gasteiger partial charge in [0.25, 0.3) is 0 Å². The highest BCUT2D eigenvalue weighted by atomic mass is 32.2. The van der Waals surface area contributed by atoms with E-state index in [0.717, 1.165) is 6.26 Å². The van der Waals surface area contributed by atoms with Crippen LogP contribution in [0.1, 0.15) is 0 Å². The molecule has 2 aromatic carbocycles. The average Bonchev–Trinajstić information content (AvgIpc) is 2.89. The summed E-state index contributed by atoms with van der Waals surface area (Å²) in [5.74, 6) is -0.845. The van der Waals surface area contributed by atoms with E-state index in [1.165, 1.54) is 28.8 Å². The summed E-state index contributed by atoms with van der Waals surface area (Å²) in [6.45, 7) is -0.222. The lowest BCUT2D eigenvalue weighted by atomic mass is 10.3. The Morgan fingerprint density at radius 1 is 1.17 bits per heavy atom. The van der Waals surface area contributed by atoms with Crippen LogP contribution in [-0.4, -0.2) is 30.1 Å². The summed E-state index contributed by atoms with van der Waals surface area (Å²) in [5, 5.41) is 2.43. The fourth-order valence-electron chi connectivity index (χ4n) is 2.37. The van der Waals surface area contributed by atoms with E-state index < -0.39 is 21.6 Å². The second kappa shape index (κ2) is 6.04. The Morgan fingerprint density at radius 2 is 1.83 bits per heavy atom. The number of hydrogen-bond acceptors (Lipinski definition) is 4. The summed E-state index contributed by atoms with van der Waals surface area (Å²) in [6, 6.07) is 12.2. The smallest absolute Gasteiger partial charge is 0.244 e. The number of amides is 1. The Labute approximate surface area is 137 Å². The number of sulfone groups is 1. The van der Waals surface area contributed by atoms with Gasteiger partial charge in [-0.2, -0.15) is 0 Å². The van der Waals surface area contributed by atoms with Gasteiger partial charge in [-0.05, 0) is 36.4 Å². The Kier molecular flexibility index (Phi) is 4.06. The van der Waals surface area contributed by atoms with Crippen molar-refractivity contribution in [2.75, 3.05) is 11.6 Å². The van der Waals surface area contributed by atoms with Crippen LogP contribution in [-0.2, 0) is 21.2 Å². The lowest BCUT2D eigenvalue weighted by Gasteiger charge is -2.09. The SMILES string of the molecule is CS(=O)(=O)c1nc2ccccc2n1CC(=O)Nc1ccc(F)cc1. The first kappa shape index (κ1) is 16.1. The molecule has 0 bridgehead atoms. The number of aromatic nitrogens is 2. The minimum Gasteiger partial charge on any atom is -0.325 e. The average molecular weight is 347 g/mol. The first-order chi connectivity index (χ1) is 11.3. The minimum absolute atomic E-state index is 0.169. The van der Waals surface area contributed by atoms with Crippen LogP contribution in [0, 0.1) is 5.82 Å². The molecule has 0 fully saturated rings. The second-order valence-corrected chi connectivity index (χ2v) is 7.21. The number of carbonyl (C=O) groups is 1. The van der Waals surface area contributed by atoms with Crippen LogP contribution in [0.2, 0.25) is 0 Å². The number of hydrogen-bond donors (Lipinski definition) is 1. The molecule has 0 aliphatic rings. The molecule has 1 amide bonds. The summed E-state index contributed by atoms with van der Waals surface area (Å²) in [5.41, 5.74) is 1.46. The molecule has 1 aromatic heterocycles. The number of rotatable bonds is 4. The van der Waals surface area contributed by atoms with Crippen molar-refractivity contribution in [1.29, 1.82) is 0 Å². The van der Waals surface area contributed by atoms with Crippen LogP contribution in [0.25, 0.3) is 11.0 Å². The zero-order valence-electron chi connectivity index (χ0n) is 12.7. The summed E-state index contributed by atoms with van der Waals surface area (Å²) >= 11 is 0. The van der Waals surface area contributed by atoms with E-state index in [9.17, 15) is 17.6 Å². The van der Waals surface area contributed by atoms with Crippen molar-refractivity contribution in [1.82, 2.24) is 9.55 Å². The quantitative estimate of drug-likeness (QED) is 0.785. The fraction of sp³-hybridized carbons (Fsp3) is 0.125. The number of nitrogens with zero attached hydrogens (tertiary/aromatic N) is 2. The van der Waals surface area contributed by atoms with E-state index in [2.05, 4.69) is 10.3 Å². The number of carbonyl (C=O) groups excluding carboxylic acids is 1. The number of para-hydroxylation sites is 2. The van der Waals surface area contributed by atoms with Crippen molar-refractivity contribution in [2.24, 2.45) is 0 Å². The van der Waals surface area contributed by atoms with Gasteiger partial charge in [-0.25, -0.2) is 17.8 Å². The number of benzene rings is 2. The van der Waals surface area contributed by atoms with Crippen molar-refractivity contribution in [3.63, 3.8) is 0 Å². The zero-order valence-corrected chi connectivity index (χ0v) is 13.5. The van der Waals surface area contributed by atoms with E-state index in [1.807, 2.05) is 0 Å². The van der Waals surface area contributed by atoms with E-state index in [4.69, 9.17) is 0 Å². The normalized spacial score (nSPS) is 11.6. The van der Waals surface area contributed by atoms with Crippen molar-refractivity contribution < 1.29 is 17.6 Å². The molecule has 0 radical (unpaired) electrons. The van der Waals surface area contributed by atoms with Gasteiger partial charge in [-0.1, -0.05) is 12.1 Å². The molecule has 0 saturated heterocycles. The summed E-state index contributed by atoms with van der Waals surface area (Å²) in [6.07, 6.45) is 1.04. The molecule has 0 aliphatic heterocycles. The third-order valence-corrected chi connectivity index (χ3v) is 4.36. The molecule has 1 heterocycles. The molecule has 124 valence electrons. The van der Waals surface area contributed by atoms with Crippen LogP contribution in [0.15, 0.2) is 53.7 Å². The van der Waals surface area contributed by atoms with E-state index in [-0.39, 0.29) is 11.7 Å². The van der Waals surface area contributed by atoms with Crippen molar-refractivity contribution >= 4 is 32.5 Å². The van der Waals surface area contributed by atoms with E-state index in [0.29, 0.717) is 16.7 Å². The lowest BCUT2D eigenvalue weighted by molar-refractivity contribution is -0.116. The number of halogens is 1. The van der Waals surface area contributed by atoms with Gasteiger partial charge in [0.2, 0.25) is 20.9 Å². The van der Waals surface area contributed by atoms with Gasteiger partial charge in [0, 0.05) is 11.9 Å². The molecule has 3 rings (SSSR count). The Hall–Kier alpha value is -2.74. The first-order valence-electron chi connectivity index (χ1n) is 7.05. The van der Waals surface area contributed by atoms with Crippen molar-refractivity contribution in [2.45, 2.75) is 11.7 Å². The highest BCUT2D eigenvalue weighted by Crippen LogP contribution is 2.19. The third-order valence-electron chi connectivity index (χ3n) is 3.38. The highest BCUT2D eigenvalue weighted by Gasteiger charge is 2.20. The van der Waals surface area contributed by atoms with E-state index >= 15 is 0 Å². The third kappa shape index (κ3) is 3.28. The zero-order chi connectivity index (χ0) is 17.3. The molecule has 24 heavy (non-hydrogen) atoms. The molecule has 8 heteroatoms. The second-order valence-electron chi connectivity index (χ2n) is 5.30. The van der Waals surface area contributed by atoms with Gasteiger partial charge in [0.1, 0.15) is 12.4 Å². The monoisotopic (exact) mass is 347 g/mol. The van der Waals surface area contributed by atoms with Crippen molar-refractivity contribution in [3.8, 4) is 0 Å². The van der Waals surface area contributed by atoms with Crippen LogP contribution < -0.4 is 5.32 Å². The van der Waals surface area contributed by atoms with Gasteiger partial charge >= 0.3 is 0 Å². The standard InChI is InChI=1S/C16H14FN3O3S/c1-24(22,23)16-19-13-4-2-3-5-14(13)20(16)10-15(21)18-12-8-6-11(17)7-9-12/h2-9H,10H2,1H3,(H,18,21). The van der Waals surface area contributed by atoms with Crippen LogP contribution in [0.3, 0.4) is 0 Å². The molecule has 3 aromatic rings. The van der Waals surface area contributed by atoms with Crippen LogP contribution >= 0.6 is 0 Å². The van der Waals surface area contributed by atoms with Gasteiger partial charge in [0.05, 0.1) is 11.0 Å². The van der Waals surface area contributed by atoms with E-state index in [1.54, 1.807) is 24.3 Å². The minimum atomic E-state index is -3.60. The predicted molar refractivity (Wildman–Crippen MR) is 87.9 cm³/mol. The largest absolute Gasteiger partial charge is 0.325 e. The Bertz CT molecular complexity index is 1010. The predicted octanol–water partition coefficient (Wildman–Crippen LogP) is 2.22. The molecule has 6 nitrogen and oxygen atoms in total. The number of imidazole rings is 1. The topological polar surface area (TPSA) is 81.1 Å². The number of anilines is 1. The molecule has 0 spiro atoms. The molecule has 0 atom stereocenters. The molecule has 0 unspecified atom stereocenters. The summed E-state index contributed by atoms with van der Waals surface area (Å²) < 4.78 is 38.1. The first-order valence-corrected chi connectivity index (χ1v) is 8.94. The van der Waals surface area contributed by atoms with Crippen molar-refractivity contribution in [3.05, 3.63) is 54.3 Å². The maximum Gasteiger partial charge on any atom is 0.244 e. The summed E-state index contributed by atoms with van der Waals surface area (Å²) in [7, 11) is -3.60. The Morgan fingerprint density at radius 3 is 2.50 bits per heavy atom. The maximum atomic E-state index is 12.9. The molecule has 1 N–H and O–H groups in total. The Balaban J connectivity index is 1.94. The molecular weight excluding hydrogens is 333 g/mol. The molecule has 0 saturated carbocycles. The van der Waals surface area contributed by atoms with Crippen LogP contribution in [0.4, 0.5) is 10.1 Å². The maximum absolute atomic E-state index is 12.9. The van der Waals surface area contributed by atoms with Gasteiger partial charge in [0.15, 0.2) is 0 Å². The fourth-order valence-corrected chi connectivity index (χ4v) is 3.19. The molecule has 0 aliphatic carbocycles. The van der Waals surface area contributed by atoms with Gasteiger partial charge < -0.3 is 9.88 Å². The summed E-state index contributed by atoms with van der Waals surface area (Å²) in [4.78, 5) is 16.3. The highest BCUT2D eigenvalue weighted by molar-refractivity contribution is 7.90. The van der Waals surface area contributed by atoms with Gasteiger partial charge in [-0.3, -0.25) is 4.79 Å². The van der Waals surface area contributed by atoms with Crippen LogP contribution in [0.5, 0.6) is 0 Å². The number of fused-ring (bicyclic) bond motifs is 1.